The molecule has 1 fully saturated rings. The van der Waals surface area contributed by atoms with Crippen molar-refractivity contribution >= 4 is 11.8 Å². The molecular weight excluding hydrogens is 324 g/mol. The van der Waals surface area contributed by atoms with E-state index >= 15 is 0 Å². The van der Waals surface area contributed by atoms with E-state index in [0.29, 0.717) is 24.2 Å². The van der Waals surface area contributed by atoms with Crippen LogP contribution in [0.1, 0.15) is 59.8 Å². The van der Waals surface area contributed by atoms with E-state index < -0.39 is 0 Å². The summed E-state index contributed by atoms with van der Waals surface area (Å²) in [5, 5.41) is 0. The zero-order valence-corrected chi connectivity index (χ0v) is 16.4. The van der Waals surface area contributed by atoms with Crippen molar-refractivity contribution < 1.29 is 14.3 Å². The number of esters is 1. The molecule has 0 N–H and O–H groups in total. The molecule has 0 bridgehead atoms. The van der Waals surface area contributed by atoms with Crippen molar-refractivity contribution in [2.75, 3.05) is 0 Å². The molecule has 0 radical (unpaired) electrons. The minimum atomic E-state index is -0.177. The molecule has 3 heteroatoms. The number of carbonyl (C=O) groups excluding carboxylic acids is 2. The monoisotopic (exact) mass is 354 g/mol. The summed E-state index contributed by atoms with van der Waals surface area (Å²) < 4.78 is 5.58. The lowest BCUT2D eigenvalue weighted by molar-refractivity contribution is -0.150. The van der Waals surface area contributed by atoms with E-state index in [1.165, 1.54) is 24.5 Å². The second-order valence-corrected chi connectivity index (χ2v) is 9.26. The first-order valence-corrected chi connectivity index (χ1v) is 10.1. The number of hydrogen-bond donors (Lipinski definition) is 0. The standard InChI is InChI=1S/C23H30O3/c1-14(26-15(2)24)19-7-8-20-18-6-5-16-13-17(25)9-11-22(16,3)21(18)10-12-23(19,20)4/h5-6,10,13-14,18-20H,7-9,11-12H2,1-4H3. The summed E-state index contributed by atoms with van der Waals surface area (Å²) in [6.45, 7) is 8.29. The molecule has 4 aliphatic carbocycles. The van der Waals surface area contributed by atoms with Crippen LogP contribution >= 0.6 is 0 Å². The van der Waals surface area contributed by atoms with Crippen LogP contribution in [0.5, 0.6) is 0 Å². The normalized spacial score (nSPS) is 42.2. The lowest BCUT2D eigenvalue weighted by Gasteiger charge is -2.51. The molecule has 0 aliphatic heterocycles. The quantitative estimate of drug-likeness (QED) is 0.529. The van der Waals surface area contributed by atoms with Crippen molar-refractivity contribution in [3.8, 4) is 0 Å². The number of rotatable bonds is 2. The van der Waals surface area contributed by atoms with Gasteiger partial charge in [0.05, 0.1) is 0 Å². The van der Waals surface area contributed by atoms with Crippen molar-refractivity contribution in [2.45, 2.75) is 65.9 Å². The SMILES string of the molecule is CC(=O)OC(C)C1CCC2C3C=CC4=CC(=O)CCC4(C)C3=CCC12C. The van der Waals surface area contributed by atoms with Gasteiger partial charge in [-0.25, -0.2) is 0 Å². The number of hydrogen-bond acceptors (Lipinski definition) is 3. The number of carbonyl (C=O) groups is 2. The molecule has 6 atom stereocenters. The van der Waals surface area contributed by atoms with Gasteiger partial charge in [-0.1, -0.05) is 37.6 Å². The summed E-state index contributed by atoms with van der Waals surface area (Å²) in [6.07, 6.45) is 13.8. The predicted octanol–water partition coefficient (Wildman–Crippen LogP) is 4.78. The van der Waals surface area contributed by atoms with Crippen LogP contribution in [0.15, 0.2) is 35.5 Å². The molecule has 0 amide bonds. The van der Waals surface area contributed by atoms with Gasteiger partial charge in [-0.2, -0.15) is 0 Å². The highest BCUT2D eigenvalue weighted by atomic mass is 16.5. The number of ether oxygens (including phenoxy) is 1. The first-order valence-electron chi connectivity index (χ1n) is 10.1. The Morgan fingerprint density at radius 3 is 2.81 bits per heavy atom. The molecule has 3 nitrogen and oxygen atoms in total. The third-order valence-corrected chi connectivity index (χ3v) is 7.90. The van der Waals surface area contributed by atoms with E-state index in [-0.39, 0.29) is 28.7 Å². The molecule has 0 spiro atoms. The van der Waals surface area contributed by atoms with E-state index in [4.69, 9.17) is 4.74 Å². The molecule has 26 heavy (non-hydrogen) atoms. The highest BCUT2D eigenvalue weighted by Crippen LogP contribution is 2.63. The lowest BCUT2D eigenvalue weighted by atomic mass is 9.53. The summed E-state index contributed by atoms with van der Waals surface area (Å²) in [7, 11) is 0. The number of fused-ring (bicyclic) bond motifs is 5. The molecule has 0 aromatic heterocycles. The van der Waals surface area contributed by atoms with Crippen LogP contribution in [-0.4, -0.2) is 17.9 Å². The Morgan fingerprint density at radius 1 is 1.31 bits per heavy atom. The van der Waals surface area contributed by atoms with Crippen molar-refractivity contribution in [1.82, 2.24) is 0 Å². The van der Waals surface area contributed by atoms with Crippen LogP contribution in [0.2, 0.25) is 0 Å². The minimum absolute atomic E-state index is 0.0221. The number of allylic oxidation sites excluding steroid dienone is 6. The Kier molecular flexibility index (Phi) is 4.05. The Bertz CT molecular complexity index is 743. The number of ketones is 1. The minimum Gasteiger partial charge on any atom is -0.463 e. The second kappa shape index (κ2) is 5.94. The fourth-order valence-electron chi connectivity index (χ4n) is 6.49. The molecule has 0 aromatic rings. The van der Waals surface area contributed by atoms with Gasteiger partial charge in [0, 0.05) is 30.6 Å². The maximum Gasteiger partial charge on any atom is 0.302 e. The van der Waals surface area contributed by atoms with Gasteiger partial charge in [-0.05, 0) is 55.6 Å². The Morgan fingerprint density at radius 2 is 2.08 bits per heavy atom. The summed E-state index contributed by atoms with van der Waals surface area (Å²) in [4.78, 5) is 23.3. The van der Waals surface area contributed by atoms with Gasteiger partial charge < -0.3 is 4.74 Å². The lowest BCUT2D eigenvalue weighted by Crippen LogP contribution is -2.44. The van der Waals surface area contributed by atoms with Gasteiger partial charge in [0.1, 0.15) is 6.10 Å². The highest BCUT2D eigenvalue weighted by molar-refractivity contribution is 5.92. The third kappa shape index (κ3) is 2.46. The van der Waals surface area contributed by atoms with E-state index in [9.17, 15) is 9.59 Å². The Balaban J connectivity index is 1.68. The first kappa shape index (κ1) is 17.8. The van der Waals surface area contributed by atoms with Crippen LogP contribution in [0.25, 0.3) is 0 Å². The molecule has 4 rings (SSSR count). The third-order valence-electron chi connectivity index (χ3n) is 7.90. The summed E-state index contributed by atoms with van der Waals surface area (Å²) in [5.74, 6) is 1.55. The summed E-state index contributed by atoms with van der Waals surface area (Å²) >= 11 is 0. The largest absolute Gasteiger partial charge is 0.463 e. The van der Waals surface area contributed by atoms with Gasteiger partial charge >= 0.3 is 5.97 Å². The zero-order chi connectivity index (χ0) is 18.7. The Labute approximate surface area is 156 Å². The van der Waals surface area contributed by atoms with E-state index in [1.807, 2.05) is 6.08 Å². The van der Waals surface area contributed by atoms with Gasteiger partial charge in [-0.3, -0.25) is 9.59 Å². The van der Waals surface area contributed by atoms with Crippen molar-refractivity contribution in [3.63, 3.8) is 0 Å². The van der Waals surface area contributed by atoms with E-state index in [1.54, 1.807) is 0 Å². The van der Waals surface area contributed by atoms with Crippen molar-refractivity contribution in [3.05, 3.63) is 35.5 Å². The second-order valence-electron chi connectivity index (χ2n) is 9.26. The fourth-order valence-corrected chi connectivity index (χ4v) is 6.49. The van der Waals surface area contributed by atoms with Crippen LogP contribution in [0.4, 0.5) is 0 Å². The highest BCUT2D eigenvalue weighted by Gasteiger charge is 2.56. The molecule has 140 valence electrons. The van der Waals surface area contributed by atoms with Crippen LogP contribution in [0.3, 0.4) is 0 Å². The molecular formula is C23H30O3. The zero-order valence-electron chi connectivity index (χ0n) is 16.4. The molecule has 0 aromatic carbocycles. The molecule has 0 saturated heterocycles. The van der Waals surface area contributed by atoms with E-state index in [2.05, 4.69) is 39.0 Å². The van der Waals surface area contributed by atoms with Gasteiger partial charge in [-0.15, -0.1) is 0 Å². The maximum atomic E-state index is 11.9. The van der Waals surface area contributed by atoms with Crippen LogP contribution in [-0.2, 0) is 14.3 Å². The fraction of sp³-hybridized carbons (Fsp3) is 0.652. The van der Waals surface area contributed by atoms with E-state index in [0.717, 1.165) is 19.3 Å². The van der Waals surface area contributed by atoms with Gasteiger partial charge in [0.25, 0.3) is 0 Å². The average molecular weight is 354 g/mol. The first-order chi connectivity index (χ1) is 12.3. The summed E-state index contributed by atoms with van der Waals surface area (Å²) in [5.41, 5.74) is 2.92. The topological polar surface area (TPSA) is 43.4 Å². The molecule has 0 heterocycles. The smallest absolute Gasteiger partial charge is 0.302 e. The van der Waals surface area contributed by atoms with Crippen LogP contribution in [0, 0.1) is 28.6 Å². The Hall–Kier alpha value is -1.64. The van der Waals surface area contributed by atoms with Crippen molar-refractivity contribution in [2.24, 2.45) is 28.6 Å². The van der Waals surface area contributed by atoms with Gasteiger partial charge in [0.15, 0.2) is 5.78 Å². The average Bonchev–Trinajstić information content (AvgIpc) is 2.92. The van der Waals surface area contributed by atoms with Crippen LogP contribution < -0.4 is 0 Å². The summed E-state index contributed by atoms with van der Waals surface area (Å²) in [6, 6.07) is 0. The molecule has 6 unspecified atom stereocenters. The van der Waals surface area contributed by atoms with Gasteiger partial charge in [0.2, 0.25) is 0 Å². The molecule has 4 aliphatic rings. The molecule has 1 saturated carbocycles. The maximum absolute atomic E-state index is 11.9. The predicted molar refractivity (Wildman–Crippen MR) is 101 cm³/mol. The van der Waals surface area contributed by atoms with Crippen molar-refractivity contribution in [1.29, 1.82) is 0 Å².